The van der Waals surface area contributed by atoms with Crippen molar-refractivity contribution in [1.82, 2.24) is 20.4 Å². The SMILES string of the molecule is CC(C)(C)NC(=O)N1CCC(N2C=C(c3cccc(F)c3)NC2)CC1. The highest BCUT2D eigenvalue weighted by atomic mass is 19.1. The van der Waals surface area contributed by atoms with Gasteiger partial charge in [-0.1, -0.05) is 12.1 Å². The van der Waals surface area contributed by atoms with E-state index in [1.54, 1.807) is 12.1 Å². The molecule has 0 radical (unpaired) electrons. The van der Waals surface area contributed by atoms with Crippen molar-refractivity contribution in [2.24, 2.45) is 0 Å². The van der Waals surface area contributed by atoms with Crippen LogP contribution in [-0.4, -0.2) is 47.2 Å². The van der Waals surface area contributed by atoms with Gasteiger partial charge in [0.1, 0.15) is 5.82 Å². The Bertz CT molecular complexity index is 660. The minimum Gasteiger partial charge on any atom is -0.366 e. The molecule has 0 spiro atoms. The number of nitrogens with zero attached hydrogens (tertiary/aromatic N) is 2. The Morgan fingerprint density at radius 2 is 2.00 bits per heavy atom. The molecule has 2 N–H and O–H groups in total. The van der Waals surface area contributed by atoms with Crippen LogP contribution < -0.4 is 10.6 Å². The maximum absolute atomic E-state index is 13.4. The molecule has 1 aromatic carbocycles. The molecule has 0 aromatic heterocycles. The van der Waals surface area contributed by atoms with Gasteiger partial charge in [0.15, 0.2) is 0 Å². The summed E-state index contributed by atoms with van der Waals surface area (Å²) in [6.07, 6.45) is 3.95. The third kappa shape index (κ3) is 4.44. The van der Waals surface area contributed by atoms with Gasteiger partial charge in [0.05, 0.1) is 12.4 Å². The van der Waals surface area contributed by atoms with Crippen molar-refractivity contribution in [3.05, 3.63) is 41.8 Å². The molecule has 5 nitrogen and oxygen atoms in total. The highest BCUT2D eigenvalue weighted by molar-refractivity contribution is 5.75. The van der Waals surface area contributed by atoms with Gasteiger partial charge in [-0.2, -0.15) is 0 Å². The summed E-state index contributed by atoms with van der Waals surface area (Å²) in [5.41, 5.74) is 1.60. The van der Waals surface area contributed by atoms with E-state index in [0.29, 0.717) is 6.04 Å². The fourth-order valence-electron chi connectivity index (χ4n) is 3.30. The lowest BCUT2D eigenvalue weighted by molar-refractivity contribution is 0.143. The maximum atomic E-state index is 13.4. The van der Waals surface area contributed by atoms with E-state index in [9.17, 15) is 9.18 Å². The molecule has 2 amide bonds. The Kier molecular flexibility index (Phi) is 4.88. The molecule has 1 aromatic rings. The van der Waals surface area contributed by atoms with Gasteiger partial charge in [-0.15, -0.1) is 0 Å². The van der Waals surface area contributed by atoms with Crippen molar-refractivity contribution in [2.45, 2.75) is 45.2 Å². The zero-order valence-electron chi connectivity index (χ0n) is 15.2. The topological polar surface area (TPSA) is 47.6 Å². The van der Waals surface area contributed by atoms with Crippen LogP contribution in [-0.2, 0) is 0 Å². The second kappa shape index (κ2) is 6.94. The van der Waals surface area contributed by atoms with Gasteiger partial charge in [0, 0.05) is 36.4 Å². The first-order valence-electron chi connectivity index (χ1n) is 8.86. The van der Waals surface area contributed by atoms with Crippen molar-refractivity contribution in [1.29, 1.82) is 0 Å². The van der Waals surface area contributed by atoms with Crippen LogP contribution in [0.3, 0.4) is 0 Å². The quantitative estimate of drug-likeness (QED) is 0.866. The van der Waals surface area contributed by atoms with E-state index in [0.717, 1.165) is 43.9 Å². The number of hydrogen-bond donors (Lipinski definition) is 2. The second-order valence-corrected chi connectivity index (χ2v) is 7.80. The Morgan fingerprint density at radius 3 is 2.64 bits per heavy atom. The number of likely N-dealkylation sites (tertiary alicyclic amines) is 1. The van der Waals surface area contributed by atoms with Crippen LogP contribution in [0.15, 0.2) is 30.5 Å². The molecule has 2 aliphatic heterocycles. The van der Waals surface area contributed by atoms with Gasteiger partial charge in [-0.25, -0.2) is 9.18 Å². The molecule has 2 aliphatic rings. The monoisotopic (exact) mass is 346 g/mol. The van der Waals surface area contributed by atoms with Crippen molar-refractivity contribution in [3.8, 4) is 0 Å². The lowest BCUT2D eigenvalue weighted by Crippen LogP contribution is -2.52. The largest absolute Gasteiger partial charge is 0.366 e. The van der Waals surface area contributed by atoms with E-state index >= 15 is 0 Å². The van der Waals surface area contributed by atoms with Crippen LogP contribution in [0, 0.1) is 5.82 Å². The first-order chi connectivity index (χ1) is 11.8. The van der Waals surface area contributed by atoms with E-state index in [-0.39, 0.29) is 17.4 Å². The van der Waals surface area contributed by atoms with Crippen LogP contribution in [0.4, 0.5) is 9.18 Å². The average Bonchev–Trinajstić information content (AvgIpc) is 3.03. The summed E-state index contributed by atoms with van der Waals surface area (Å²) < 4.78 is 13.4. The molecule has 1 saturated heterocycles. The summed E-state index contributed by atoms with van der Waals surface area (Å²) in [6.45, 7) is 8.22. The number of piperidine rings is 1. The van der Waals surface area contributed by atoms with Crippen LogP contribution in [0.5, 0.6) is 0 Å². The number of rotatable bonds is 2. The molecule has 0 saturated carbocycles. The normalized spacial score (nSPS) is 18.8. The molecule has 0 atom stereocenters. The Labute approximate surface area is 148 Å². The van der Waals surface area contributed by atoms with Crippen LogP contribution in [0.2, 0.25) is 0 Å². The number of nitrogens with one attached hydrogen (secondary N) is 2. The first-order valence-corrected chi connectivity index (χ1v) is 8.86. The third-order valence-electron chi connectivity index (χ3n) is 4.59. The summed E-state index contributed by atoms with van der Waals surface area (Å²) in [5.74, 6) is -0.225. The number of urea groups is 1. The van der Waals surface area contributed by atoms with Crippen molar-refractivity contribution < 1.29 is 9.18 Å². The molecular formula is C19H27FN4O. The highest BCUT2D eigenvalue weighted by Gasteiger charge is 2.29. The molecular weight excluding hydrogens is 319 g/mol. The number of carbonyl (C=O) groups is 1. The van der Waals surface area contributed by atoms with Gasteiger partial charge in [-0.05, 0) is 45.7 Å². The molecule has 136 valence electrons. The molecule has 0 unspecified atom stereocenters. The van der Waals surface area contributed by atoms with Gasteiger partial charge >= 0.3 is 6.03 Å². The summed E-state index contributed by atoms with van der Waals surface area (Å²) >= 11 is 0. The van der Waals surface area contributed by atoms with E-state index < -0.39 is 0 Å². The van der Waals surface area contributed by atoms with Gasteiger partial charge in [0.25, 0.3) is 0 Å². The van der Waals surface area contributed by atoms with E-state index in [1.807, 2.05) is 31.7 Å². The van der Waals surface area contributed by atoms with E-state index in [4.69, 9.17) is 0 Å². The summed E-state index contributed by atoms with van der Waals surface area (Å²) in [6, 6.07) is 7.04. The number of halogens is 1. The lowest BCUT2D eigenvalue weighted by atomic mass is 10.0. The highest BCUT2D eigenvalue weighted by Crippen LogP contribution is 2.24. The molecule has 2 heterocycles. The third-order valence-corrected chi connectivity index (χ3v) is 4.59. The fraction of sp³-hybridized carbons (Fsp3) is 0.526. The smallest absolute Gasteiger partial charge is 0.317 e. The molecule has 25 heavy (non-hydrogen) atoms. The number of benzene rings is 1. The lowest BCUT2D eigenvalue weighted by Gasteiger charge is -2.37. The van der Waals surface area contributed by atoms with Crippen LogP contribution in [0.1, 0.15) is 39.2 Å². The predicted octanol–water partition coefficient (Wildman–Crippen LogP) is 2.96. The number of hydrogen-bond acceptors (Lipinski definition) is 3. The van der Waals surface area contributed by atoms with Crippen LogP contribution >= 0.6 is 0 Å². The van der Waals surface area contributed by atoms with E-state index in [1.165, 1.54) is 6.07 Å². The Hall–Kier alpha value is -2.24. The average molecular weight is 346 g/mol. The minimum atomic E-state index is -0.225. The van der Waals surface area contributed by atoms with E-state index in [2.05, 4.69) is 21.7 Å². The molecule has 3 rings (SSSR count). The number of amides is 2. The van der Waals surface area contributed by atoms with Crippen molar-refractivity contribution >= 4 is 11.7 Å². The predicted molar refractivity (Wildman–Crippen MR) is 97.1 cm³/mol. The molecule has 0 bridgehead atoms. The Balaban J connectivity index is 1.56. The second-order valence-electron chi connectivity index (χ2n) is 7.80. The maximum Gasteiger partial charge on any atom is 0.317 e. The zero-order valence-corrected chi connectivity index (χ0v) is 15.2. The van der Waals surface area contributed by atoms with Crippen molar-refractivity contribution in [2.75, 3.05) is 19.8 Å². The molecule has 0 aliphatic carbocycles. The van der Waals surface area contributed by atoms with Gasteiger partial charge < -0.3 is 20.4 Å². The first kappa shape index (κ1) is 17.6. The zero-order chi connectivity index (χ0) is 18.0. The summed E-state index contributed by atoms with van der Waals surface area (Å²) in [5, 5.41) is 6.36. The molecule has 6 heteroatoms. The summed E-state index contributed by atoms with van der Waals surface area (Å²) in [7, 11) is 0. The van der Waals surface area contributed by atoms with Crippen LogP contribution in [0.25, 0.3) is 5.70 Å². The number of carbonyl (C=O) groups excluding carboxylic acids is 1. The van der Waals surface area contributed by atoms with Gasteiger partial charge in [-0.3, -0.25) is 0 Å². The molecule has 1 fully saturated rings. The summed E-state index contributed by atoms with van der Waals surface area (Å²) in [4.78, 5) is 16.4. The standard InChI is InChI=1S/C19H27FN4O/c1-19(2,3)22-18(25)23-9-7-16(8-10-23)24-12-17(21-13-24)14-5-4-6-15(20)11-14/h4-6,11-12,16,21H,7-10,13H2,1-3H3,(H,22,25). The van der Waals surface area contributed by atoms with Crippen molar-refractivity contribution in [3.63, 3.8) is 0 Å². The minimum absolute atomic E-state index is 0.0153. The Morgan fingerprint density at radius 1 is 1.28 bits per heavy atom. The van der Waals surface area contributed by atoms with Gasteiger partial charge in [0.2, 0.25) is 0 Å². The fourth-order valence-corrected chi connectivity index (χ4v) is 3.30.